The lowest BCUT2D eigenvalue weighted by atomic mass is 9.66. The van der Waals surface area contributed by atoms with E-state index in [0.717, 1.165) is 12.8 Å². The van der Waals surface area contributed by atoms with E-state index < -0.39 is 5.41 Å². The predicted octanol–water partition coefficient (Wildman–Crippen LogP) is 1.22. The molecule has 2 bridgehead atoms. The van der Waals surface area contributed by atoms with Crippen LogP contribution in [0.3, 0.4) is 0 Å². The number of methoxy groups -OCH3 is 1. The lowest BCUT2D eigenvalue weighted by Gasteiger charge is -2.47. The van der Waals surface area contributed by atoms with Gasteiger partial charge in [-0.1, -0.05) is 22.6 Å². The molecule has 5 heteroatoms. The summed E-state index contributed by atoms with van der Waals surface area (Å²) in [7, 11) is 3.21. The summed E-state index contributed by atoms with van der Waals surface area (Å²) in [5, 5.41) is 0. The van der Waals surface area contributed by atoms with Crippen molar-refractivity contribution in [3.05, 3.63) is 0 Å². The Labute approximate surface area is 109 Å². The highest BCUT2D eigenvalue weighted by Gasteiger charge is 2.53. The second-order valence-corrected chi connectivity index (χ2v) is 6.43. The Hall–Kier alpha value is -0.330. The van der Waals surface area contributed by atoms with Crippen LogP contribution in [0.4, 0.5) is 0 Å². The summed E-state index contributed by atoms with van der Waals surface area (Å²) in [6.45, 7) is 0.512. The maximum atomic E-state index is 12.0. The van der Waals surface area contributed by atoms with Crippen molar-refractivity contribution in [3.8, 4) is 0 Å². The fourth-order valence-corrected chi connectivity index (χ4v) is 3.81. The van der Waals surface area contributed by atoms with E-state index in [1.165, 1.54) is 7.11 Å². The summed E-state index contributed by atoms with van der Waals surface area (Å²) >= 11 is 2.33. The number of esters is 1. The van der Waals surface area contributed by atoms with Gasteiger partial charge in [0.15, 0.2) is 0 Å². The Balaban J connectivity index is 2.29. The summed E-state index contributed by atoms with van der Waals surface area (Å²) in [5.41, 5.74) is -0.441. The topological polar surface area (TPSA) is 46.6 Å². The van der Waals surface area contributed by atoms with Gasteiger partial charge in [-0.15, -0.1) is 0 Å². The number of hydrogen-bond acceptors (Lipinski definition) is 3. The van der Waals surface area contributed by atoms with Crippen LogP contribution in [0.2, 0.25) is 0 Å². The molecule has 1 saturated heterocycles. The highest BCUT2D eigenvalue weighted by Crippen LogP contribution is 2.47. The van der Waals surface area contributed by atoms with Crippen LogP contribution in [-0.2, 0) is 14.3 Å². The molecule has 1 heterocycles. The number of amides is 1. The van der Waals surface area contributed by atoms with E-state index in [1.54, 1.807) is 11.9 Å². The van der Waals surface area contributed by atoms with Crippen LogP contribution in [0, 0.1) is 11.3 Å². The maximum Gasteiger partial charge on any atom is 0.313 e. The van der Waals surface area contributed by atoms with E-state index in [0.29, 0.717) is 16.9 Å². The summed E-state index contributed by atoms with van der Waals surface area (Å²) in [5.74, 6) is 0.0194. The fourth-order valence-electron chi connectivity index (χ4n) is 2.93. The molecule has 2 fully saturated rings. The van der Waals surface area contributed by atoms with Crippen molar-refractivity contribution in [2.75, 3.05) is 20.7 Å². The molecule has 0 aromatic heterocycles. The van der Waals surface area contributed by atoms with Crippen molar-refractivity contribution in [1.29, 1.82) is 0 Å². The molecule has 0 aromatic carbocycles. The van der Waals surface area contributed by atoms with Crippen molar-refractivity contribution < 1.29 is 14.3 Å². The smallest absolute Gasteiger partial charge is 0.313 e. The third-order valence-corrected chi connectivity index (χ3v) is 5.29. The number of halogens is 1. The molecule has 3 atom stereocenters. The number of hydrogen-bond donors (Lipinski definition) is 0. The molecule has 3 unspecified atom stereocenters. The van der Waals surface area contributed by atoms with Gasteiger partial charge in [0.1, 0.15) is 0 Å². The summed E-state index contributed by atoms with van der Waals surface area (Å²) < 4.78 is 5.26. The maximum absolute atomic E-state index is 12.0. The molecular formula is C11H16INO3. The molecule has 90 valence electrons. The van der Waals surface area contributed by atoms with Crippen molar-refractivity contribution in [3.63, 3.8) is 0 Å². The van der Waals surface area contributed by atoms with Crippen LogP contribution >= 0.6 is 22.6 Å². The quantitative estimate of drug-likeness (QED) is 0.411. The van der Waals surface area contributed by atoms with Gasteiger partial charge in [0, 0.05) is 17.5 Å². The minimum absolute atomic E-state index is 0.00722. The number of likely N-dealkylation sites (tertiary alicyclic amines) is 1. The number of carbonyl (C=O) groups is 2. The number of piperidine rings is 1. The number of carbonyl (C=O) groups excluding carboxylic acids is 2. The average molecular weight is 337 g/mol. The normalized spacial score (nSPS) is 38.4. The number of nitrogens with zero attached hydrogens (tertiary/aromatic N) is 1. The second-order valence-electron chi connectivity index (χ2n) is 4.83. The Kier molecular flexibility index (Phi) is 3.16. The van der Waals surface area contributed by atoms with Gasteiger partial charge in [0.2, 0.25) is 5.91 Å². The molecule has 1 saturated carbocycles. The summed E-state index contributed by atoms with van der Waals surface area (Å²) in [6, 6.07) is 0. The Bertz CT molecular complexity index is 333. The van der Waals surface area contributed by atoms with Crippen molar-refractivity contribution in [1.82, 2.24) is 4.90 Å². The fraction of sp³-hybridized carbons (Fsp3) is 0.818. The van der Waals surface area contributed by atoms with E-state index in [4.69, 9.17) is 4.74 Å². The summed E-state index contributed by atoms with van der Waals surface area (Å²) in [4.78, 5) is 25.6. The molecule has 16 heavy (non-hydrogen) atoms. The van der Waals surface area contributed by atoms with E-state index in [9.17, 15) is 9.59 Å². The van der Waals surface area contributed by atoms with Crippen LogP contribution in [0.25, 0.3) is 0 Å². The van der Waals surface area contributed by atoms with Crippen LogP contribution in [0.5, 0.6) is 0 Å². The first-order valence-electron chi connectivity index (χ1n) is 5.48. The number of alkyl halides is 1. The van der Waals surface area contributed by atoms with Crippen LogP contribution < -0.4 is 0 Å². The minimum atomic E-state index is -0.441. The molecule has 0 radical (unpaired) electrons. The number of rotatable bonds is 1. The summed E-state index contributed by atoms with van der Waals surface area (Å²) in [6.07, 6.45) is 2.43. The molecule has 1 aliphatic carbocycles. The third kappa shape index (κ3) is 1.72. The van der Waals surface area contributed by atoms with Gasteiger partial charge >= 0.3 is 5.97 Å². The Morgan fingerprint density at radius 1 is 1.62 bits per heavy atom. The Morgan fingerprint density at radius 3 is 2.94 bits per heavy atom. The average Bonchev–Trinajstić information content (AvgIpc) is 2.29. The van der Waals surface area contributed by atoms with Gasteiger partial charge in [-0.25, -0.2) is 0 Å². The first kappa shape index (κ1) is 12.1. The van der Waals surface area contributed by atoms with Gasteiger partial charge in [-0.2, -0.15) is 0 Å². The lowest BCUT2D eigenvalue weighted by Crippen LogP contribution is -2.57. The molecule has 2 rings (SSSR count). The van der Waals surface area contributed by atoms with Crippen molar-refractivity contribution >= 4 is 34.5 Å². The number of ether oxygens (including phenoxy) is 1. The molecule has 2 aliphatic rings. The highest BCUT2D eigenvalue weighted by atomic mass is 127. The van der Waals surface area contributed by atoms with E-state index in [-0.39, 0.29) is 17.8 Å². The van der Waals surface area contributed by atoms with Crippen LogP contribution in [0.1, 0.15) is 19.3 Å². The molecule has 0 spiro atoms. The van der Waals surface area contributed by atoms with Crippen molar-refractivity contribution in [2.24, 2.45) is 11.3 Å². The second kappa shape index (κ2) is 4.16. The minimum Gasteiger partial charge on any atom is -0.469 e. The van der Waals surface area contributed by atoms with E-state index in [1.807, 2.05) is 0 Å². The van der Waals surface area contributed by atoms with Gasteiger partial charge in [0.05, 0.1) is 18.4 Å². The van der Waals surface area contributed by atoms with Gasteiger partial charge in [-0.3, -0.25) is 9.59 Å². The molecule has 0 aromatic rings. The standard InChI is InChI=1S/C11H16INO3/c1-13-6-11(10(15)16-2)4-3-8(12)7(5-11)9(13)14/h7-8H,3-6H2,1-2H3. The van der Waals surface area contributed by atoms with E-state index >= 15 is 0 Å². The van der Waals surface area contributed by atoms with Gasteiger partial charge in [0.25, 0.3) is 0 Å². The Morgan fingerprint density at radius 2 is 2.31 bits per heavy atom. The van der Waals surface area contributed by atoms with Gasteiger partial charge < -0.3 is 9.64 Å². The number of fused-ring (bicyclic) bond motifs is 2. The zero-order valence-electron chi connectivity index (χ0n) is 9.53. The monoisotopic (exact) mass is 337 g/mol. The predicted molar refractivity (Wildman–Crippen MR) is 67.2 cm³/mol. The van der Waals surface area contributed by atoms with Gasteiger partial charge in [-0.05, 0) is 19.3 Å². The largest absolute Gasteiger partial charge is 0.469 e. The highest BCUT2D eigenvalue weighted by molar-refractivity contribution is 14.1. The molecule has 4 nitrogen and oxygen atoms in total. The zero-order chi connectivity index (χ0) is 11.9. The SMILES string of the molecule is COC(=O)C12CCC(I)C(C1)C(=O)N(C)C2. The lowest BCUT2D eigenvalue weighted by molar-refractivity contribution is -0.165. The molecular weight excluding hydrogens is 321 g/mol. The first-order chi connectivity index (χ1) is 7.50. The molecule has 0 N–H and O–H groups in total. The van der Waals surface area contributed by atoms with Crippen LogP contribution in [-0.4, -0.2) is 41.4 Å². The zero-order valence-corrected chi connectivity index (χ0v) is 11.7. The first-order valence-corrected chi connectivity index (χ1v) is 6.72. The van der Waals surface area contributed by atoms with Crippen molar-refractivity contribution in [2.45, 2.75) is 23.2 Å². The third-order valence-electron chi connectivity index (χ3n) is 3.80. The molecule has 1 amide bonds. The van der Waals surface area contributed by atoms with Crippen LogP contribution in [0.15, 0.2) is 0 Å². The molecule has 1 aliphatic heterocycles. The van der Waals surface area contributed by atoms with E-state index in [2.05, 4.69) is 22.6 Å².